The van der Waals surface area contributed by atoms with Gasteiger partial charge < -0.3 is 15.0 Å². The van der Waals surface area contributed by atoms with Crippen molar-refractivity contribution in [3.8, 4) is 5.75 Å². The number of benzene rings is 2. The Morgan fingerprint density at radius 2 is 1.93 bits per heavy atom. The zero-order valence-electron chi connectivity index (χ0n) is 17.7. The number of hydrogen-bond acceptors (Lipinski definition) is 3. The molecule has 1 N–H and O–H groups in total. The van der Waals surface area contributed by atoms with Gasteiger partial charge >= 0.3 is 0 Å². The first kappa shape index (κ1) is 23.2. The summed E-state index contributed by atoms with van der Waals surface area (Å²) in [5.74, 6) is 1.72. The molecule has 2 aromatic carbocycles. The standard InChI is InChI=1S/C24H32N2O2.ClH/c1-18-5-10-23(19(2)15-18)28-14-4-13-26(3)24(27)22-8-6-20(7-9-22)16-21-11-12-25-17-21;/h5-10,15,21,25H,4,11-14,16-17H2,1-3H3;1H. The lowest BCUT2D eigenvalue weighted by Crippen LogP contribution is -2.28. The van der Waals surface area contributed by atoms with Crippen LogP contribution in [0.3, 0.4) is 0 Å². The second kappa shape index (κ2) is 11.2. The van der Waals surface area contributed by atoms with Gasteiger partial charge in [-0.1, -0.05) is 29.8 Å². The van der Waals surface area contributed by atoms with Crippen LogP contribution >= 0.6 is 12.4 Å². The van der Waals surface area contributed by atoms with Gasteiger partial charge in [-0.3, -0.25) is 4.79 Å². The minimum absolute atomic E-state index is 0. The molecule has 0 spiro atoms. The van der Waals surface area contributed by atoms with E-state index in [1.807, 2.05) is 25.2 Å². The zero-order chi connectivity index (χ0) is 19.9. The number of nitrogens with one attached hydrogen (secondary N) is 1. The minimum Gasteiger partial charge on any atom is -0.493 e. The Kier molecular flexibility index (Phi) is 8.99. The van der Waals surface area contributed by atoms with Crippen LogP contribution in [0.2, 0.25) is 0 Å². The molecule has 5 heteroatoms. The first-order valence-corrected chi connectivity index (χ1v) is 10.3. The number of ether oxygens (including phenoxy) is 1. The highest BCUT2D eigenvalue weighted by molar-refractivity contribution is 5.94. The lowest BCUT2D eigenvalue weighted by molar-refractivity contribution is 0.0788. The number of carbonyl (C=O) groups is 1. The number of halogens is 1. The third-order valence-electron chi connectivity index (χ3n) is 5.46. The fraction of sp³-hybridized carbons (Fsp3) is 0.458. The van der Waals surface area contributed by atoms with Gasteiger partial charge in [0.15, 0.2) is 0 Å². The Balaban J connectivity index is 0.00000300. The molecule has 1 aliphatic heterocycles. The van der Waals surface area contributed by atoms with Crippen molar-refractivity contribution in [3.63, 3.8) is 0 Å². The van der Waals surface area contributed by atoms with Crippen LogP contribution in [0, 0.1) is 19.8 Å². The van der Waals surface area contributed by atoms with Gasteiger partial charge in [-0.05, 0) is 81.4 Å². The second-order valence-corrected chi connectivity index (χ2v) is 7.96. The van der Waals surface area contributed by atoms with Gasteiger partial charge in [0, 0.05) is 19.2 Å². The summed E-state index contributed by atoms with van der Waals surface area (Å²) < 4.78 is 5.86. The summed E-state index contributed by atoms with van der Waals surface area (Å²) in [7, 11) is 1.86. The second-order valence-electron chi connectivity index (χ2n) is 7.96. The van der Waals surface area contributed by atoms with E-state index in [1.54, 1.807) is 4.90 Å². The van der Waals surface area contributed by atoms with E-state index in [-0.39, 0.29) is 18.3 Å². The van der Waals surface area contributed by atoms with Crippen LogP contribution in [0.4, 0.5) is 0 Å². The molecule has 1 saturated heterocycles. The predicted molar refractivity (Wildman–Crippen MR) is 121 cm³/mol. The Morgan fingerprint density at radius 3 is 2.59 bits per heavy atom. The van der Waals surface area contributed by atoms with Crippen LogP contribution < -0.4 is 10.1 Å². The molecule has 1 heterocycles. The van der Waals surface area contributed by atoms with Gasteiger partial charge in [0.25, 0.3) is 5.91 Å². The van der Waals surface area contributed by atoms with Crippen LogP contribution in [0.1, 0.15) is 39.9 Å². The van der Waals surface area contributed by atoms with Gasteiger partial charge in [-0.25, -0.2) is 0 Å². The van der Waals surface area contributed by atoms with Crippen molar-refractivity contribution >= 4 is 18.3 Å². The van der Waals surface area contributed by atoms with Crippen molar-refractivity contribution < 1.29 is 9.53 Å². The molecular weight excluding hydrogens is 384 g/mol. The maximum absolute atomic E-state index is 12.6. The summed E-state index contributed by atoms with van der Waals surface area (Å²) >= 11 is 0. The molecule has 0 bridgehead atoms. The smallest absolute Gasteiger partial charge is 0.253 e. The molecule has 3 rings (SSSR count). The first-order chi connectivity index (χ1) is 13.5. The quantitative estimate of drug-likeness (QED) is 0.647. The van der Waals surface area contributed by atoms with Crippen molar-refractivity contribution in [2.24, 2.45) is 5.92 Å². The number of hydrogen-bond donors (Lipinski definition) is 1. The van der Waals surface area contributed by atoms with Gasteiger partial charge in [0.05, 0.1) is 6.61 Å². The Bertz CT molecular complexity index is 786. The van der Waals surface area contributed by atoms with Crippen LogP contribution in [-0.4, -0.2) is 44.1 Å². The maximum Gasteiger partial charge on any atom is 0.253 e. The number of carbonyl (C=O) groups excluding carboxylic acids is 1. The summed E-state index contributed by atoms with van der Waals surface area (Å²) in [6.45, 7) is 7.66. The van der Waals surface area contributed by atoms with Crippen molar-refractivity contribution in [2.45, 2.75) is 33.1 Å². The van der Waals surface area contributed by atoms with E-state index in [2.05, 4.69) is 43.4 Å². The molecule has 4 nitrogen and oxygen atoms in total. The SMILES string of the molecule is Cc1ccc(OCCCN(C)C(=O)c2ccc(CC3CCNC3)cc2)c(C)c1.Cl. The van der Waals surface area contributed by atoms with Crippen molar-refractivity contribution in [1.29, 1.82) is 0 Å². The Labute approximate surface area is 181 Å². The zero-order valence-corrected chi connectivity index (χ0v) is 18.6. The molecule has 0 aliphatic carbocycles. The van der Waals surface area contributed by atoms with E-state index in [0.29, 0.717) is 13.2 Å². The summed E-state index contributed by atoms with van der Waals surface area (Å²) in [4.78, 5) is 14.4. The molecular formula is C24H33ClN2O2. The molecule has 1 atom stereocenters. The highest BCUT2D eigenvalue weighted by Gasteiger charge is 2.16. The third kappa shape index (κ3) is 6.76. The molecule has 0 saturated carbocycles. The lowest BCUT2D eigenvalue weighted by atomic mass is 9.98. The molecule has 0 aromatic heterocycles. The predicted octanol–water partition coefficient (Wildman–Crippen LogP) is 4.42. The molecule has 2 aromatic rings. The van der Waals surface area contributed by atoms with Crippen molar-refractivity contribution in [1.82, 2.24) is 10.2 Å². The molecule has 29 heavy (non-hydrogen) atoms. The molecule has 1 aliphatic rings. The molecule has 0 radical (unpaired) electrons. The van der Waals surface area contributed by atoms with Gasteiger partial charge in [-0.2, -0.15) is 0 Å². The Morgan fingerprint density at radius 1 is 1.17 bits per heavy atom. The number of rotatable bonds is 8. The van der Waals surface area contributed by atoms with Gasteiger partial charge in [0.1, 0.15) is 5.75 Å². The van der Waals surface area contributed by atoms with Crippen LogP contribution in [0.25, 0.3) is 0 Å². The summed E-state index contributed by atoms with van der Waals surface area (Å²) in [6.07, 6.45) is 3.14. The average Bonchev–Trinajstić information content (AvgIpc) is 3.19. The van der Waals surface area contributed by atoms with Gasteiger partial charge in [-0.15, -0.1) is 12.4 Å². The van der Waals surface area contributed by atoms with Gasteiger partial charge in [0.2, 0.25) is 0 Å². The van der Waals surface area contributed by atoms with E-state index >= 15 is 0 Å². The van der Waals surface area contributed by atoms with E-state index in [4.69, 9.17) is 4.74 Å². The normalized spacial score (nSPS) is 15.6. The lowest BCUT2D eigenvalue weighted by Gasteiger charge is -2.18. The monoisotopic (exact) mass is 416 g/mol. The van der Waals surface area contributed by atoms with E-state index in [0.717, 1.165) is 48.7 Å². The first-order valence-electron chi connectivity index (χ1n) is 10.3. The highest BCUT2D eigenvalue weighted by Crippen LogP contribution is 2.19. The largest absolute Gasteiger partial charge is 0.493 e. The van der Waals surface area contributed by atoms with Crippen LogP contribution in [0.5, 0.6) is 5.75 Å². The summed E-state index contributed by atoms with van der Waals surface area (Å²) in [5.41, 5.74) is 4.46. The summed E-state index contributed by atoms with van der Waals surface area (Å²) in [6, 6.07) is 14.3. The fourth-order valence-electron chi connectivity index (χ4n) is 3.77. The summed E-state index contributed by atoms with van der Waals surface area (Å²) in [5, 5.41) is 3.41. The highest BCUT2D eigenvalue weighted by atomic mass is 35.5. The molecule has 1 fully saturated rings. The van der Waals surface area contributed by atoms with Crippen molar-refractivity contribution in [3.05, 3.63) is 64.7 Å². The topological polar surface area (TPSA) is 41.6 Å². The van der Waals surface area contributed by atoms with E-state index in [9.17, 15) is 4.79 Å². The molecule has 158 valence electrons. The third-order valence-corrected chi connectivity index (χ3v) is 5.46. The van der Waals surface area contributed by atoms with Crippen LogP contribution in [0.15, 0.2) is 42.5 Å². The van der Waals surface area contributed by atoms with Crippen LogP contribution in [-0.2, 0) is 6.42 Å². The molecule has 1 unspecified atom stereocenters. The fourth-order valence-corrected chi connectivity index (χ4v) is 3.77. The Hall–Kier alpha value is -2.04. The van der Waals surface area contributed by atoms with Crippen molar-refractivity contribution in [2.75, 3.05) is 33.3 Å². The van der Waals surface area contributed by atoms with E-state index < -0.39 is 0 Å². The number of nitrogens with zero attached hydrogens (tertiary/aromatic N) is 1. The van der Waals surface area contributed by atoms with E-state index in [1.165, 1.54) is 17.5 Å². The maximum atomic E-state index is 12.6. The molecule has 1 amide bonds. The average molecular weight is 417 g/mol. The number of aryl methyl sites for hydroxylation is 2. The number of amides is 1. The minimum atomic E-state index is 0.